The Morgan fingerprint density at radius 2 is 1.83 bits per heavy atom. The normalized spacial score (nSPS) is 21.9. The topological polar surface area (TPSA) is 43.7 Å². The van der Waals surface area contributed by atoms with Gasteiger partial charge >= 0.3 is 0 Å². The van der Waals surface area contributed by atoms with E-state index in [1.54, 1.807) is 0 Å². The lowest BCUT2D eigenvalue weighted by Gasteiger charge is -2.17. The van der Waals surface area contributed by atoms with E-state index in [1.807, 2.05) is 23.1 Å². The van der Waals surface area contributed by atoms with Crippen molar-refractivity contribution in [1.29, 1.82) is 0 Å². The molecule has 2 unspecified atom stereocenters. The Morgan fingerprint density at radius 1 is 1.21 bits per heavy atom. The van der Waals surface area contributed by atoms with Gasteiger partial charge in [-0.1, -0.05) is 56.9 Å². The van der Waals surface area contributed by atoms with Crippen LogP contribution in [0.15, 0.2) is 54.6 Å². The molecule has 0 spiro atoms. The molecule has 0 amide bonds. The highest BCUT2D eigenvalue weighted by atomic mass is 16.3. The Morgan fingerprint density at radius 3 is 2.38 bits per heavy atom. The zero-order chi connectivity index (χ0) is 17.5. The van der Waals surface area contributed by atoms with Gasteiger partial charge in [-0.25, -0.2) is 0 Å². The maximum absolute atomic E-state index is 9.64. The van der Waals surface area contributed by atoms with E-state index in [-0.39, 0.29) is 0 Å². The summed E-state index contributed by atoms with van der Waals surface area (Å²) in [5.41, 5.74) is 3.29. The van der Waals surface area contributed by atoms with E-state index in [0.29, 0.717) is 19.0 Å². The third-order valence-electron chi connectivity index (χ3n) is 4.35. The lowest BCUT2D eigenvalue weighted by molar-refractivity contribution is 0.0572. The van der Waals surface area contributed by atoms with Gasteiger partial charge in [0.15, 0.2) is 0 Å². The lowest BCUT2D eigenvalue weighted by Crippen LogP contribution is -2.22. The van der Waals surface area contributed by atoms with Gasteiger partial charge in [0.1, 0.15) is 0 Å². The van der Waals surface area contributed by atoms with Crippen molar-refractivity contribution in [2.24, 2.45) is 5.92 Å². The molecule has 1 aromatic rings. The summed E-state index contributed by atoms with van der Waals surface area (Å²) in [4.78, 5) is 2.00. The summed E-state index contributed by atoms with van der Waals surface area (Å²) in [5, 5.41) is 19.3. The van der Waals surface area contributed by atoms with E-state index in [9.17, 15) is 10.2 Å². The van der Waals surface area contributed by atoms with Gasteiger partial charge in [0.05, 0.1) is 12.2 Å². The lowest BCUT2D eigenvalue weighted by atomic mass is 10.1. The van der Waals surface area contributed by atoms with Crippen LogP contribution in [0.25, 0.3) is 6.08 Å². The van der Waals surface area contributed by atoms with Crippen molar-refractivity contribution in [2.45, 2.75) is 38.9 Å². The Balaban J connectivity index is 1.96. The molecule has 1 fully saturated rings. The zero-order valence-corrected chi connectivity index (χ0v) is 14.7. The van der Waals surface area contributed by atoms with Crippen LogP contribution in [-0.2, 0) is 0 Å². The standard InChI is InChI=1S/C21H29NO2/c1-4-17(7-5-6-16(2)3)8-9-18-10-12-19(13-11-18)22-14-20(23)21(24)15-22/h4,7-13,16,20-21,23-24H,1,5-6,14-15H2,2-3H3/b9-8+,17-7+. The van der Waals surface area contributed by atoms with Gasteiger partial charge in [0, 0.05) is 18.8 Å². The average Bonchev–Trinajstić information content (AvgIpc) is 2.90. The van der Waals surface area contributed by atoms with E-state index >= 15 is 0 Å². The molecule has 0 aliphatic carbocycles. The van der Waals surface area contributed by atoms with Crippen LogP contribution in [0, 0.1) is 5.92 Å². The van der Waals surface area contributed by atoms with Crippen molar-refractivity contribution in [1.82, 2.24) is 0 Å². The Bertz CT molecular complexity index is 576. The number of hydrogen-bond acceptors (Lipinski definition) is 3. The predicted octanol–water partition coefficient (Wildman–Crippen LogP) is 3.79. The Labute approximate surface area is 145 Å². The van der Waals surface area contributed by atoms with Gasteiger partial charge < -0.3 is 15.1 Å². The number of aliphatic hydroxyl groups excluding tert-OH is 2. The fourth-order valence-corrected chi connectivity index (χ4v) is 2.77. The molecule has 0 radical (unpaired) electrons. The molecule has 1 heterocycles. The largest absolute Gasteiger partial charge is 0.389 e. The van der Waals surface area contributed by atoms with E-state index < -0.39 is 12.2 Å². The summed E-state index contributed by atoms with van der Waals surface area (Å²) >= 11 is 0. The molecule has 2 atom stereocenters. The fourth-order valence-electron chi connectivity index (χ4n) is 2.77. The fraction of sp³-hybridized carbons (Fsp3) is 0.429. The van der Waals surface area contributed by atoms with Crippen LogP contribution in [0.3, 0.4) is 0 Å². The van der Waals surface area contributed by atoms with Crippen LogP contribution in [0.4, 0.5) is 5.69 Å². The molecule has 1 saturated heterocycles. The molecule has 24 heavy (non-hydrogen) atoms. The number of allylic oxidation sites excluding steroid dienone is 4. The summed E-state index contributed by atoms with van der Waals surface area (Å²) in [5.74, 6) is 0.714. The molecule has 2 N–H and O–H groups in total. The minimum absolute atomic E-state index is 0.482. The molecule has 3 nitrogen and oxygen atoms in total. The van der Waals surface area contributed by atoms with E-state index in [1.165, 1.54) is 6.42 Å². The second kappa shape index (κ2) is 8.86. The first kappa shape index (κ1) is 18.5. The van der Waals surface area contributed by atoms with Crippen molar-refractivity contribution >= 4 is 11.8 Å². The minimum atomic E-state index is -0.657. The van der Waals surface area contributed by atoms with E-state index in [2.05, 4.69) is 50.8 Å². The van der Waals surface area contributed by atoms with Crippen LogP contribution in [0.2, 0.25) is 0 Å². The van der Waals surface area contributed by atoms with E-state index in [4.69, 9.17) is 0 Å². The molecule has 3 heteroatoms. The quantitative estimate of drug-likeness (QED) is 0.749. The second-order valence-electron chi connectivity index (χ2n) is 6.84. The summed E-state index contributed by atoms with van der Waals surface area (Å²) in [7, 11) is 0. The first-order valence-electron chi connectivity index (χ1n) is 8.71. The minimum Gasteiger partial charge on any atom is -0.389 e. The molecule has 1 aromatic carbocycles. The van der Waals surface area contributed by atoms with Crippen LogP contribution < -0.4 is 4.90 Å². The average molecular weight is 327 g/mol. The molecule has 1 aliphatic heterocycles. The highest BCUT2D eigenvalue weighted by molar-refractivity contribution is 5.59. The van der Waals surface area contributed by atoms with Crippen LogP contribution in [-0.4, -0.2) is 35.5 Å². The molecule has 2 rings (SSSR count). The van der Waals surface area contributed by atoms with Crippen molar-refractivity contribution in [3.63, 3.8) is 0 Å². The monoisotopic (exact) mass is 327 g/mol. The number of β-amino-alcohol motifs (C(OH)–C–C–N with tert-alkyl or cyclic N) is 2. The van der Waals surface area contributed by atoms with Gasteiger partial charge in [0.25, 0.3) is 0 Å². The molecular formula is C21H29NO2. The number of anilines is 1. The number of benzene rings is 1. The predicted molar refractivity (Wildman–Crippen MR) is 102 cm³/mol. The molecule has 0 aromatic heterocycles. The Kier molecular flexibility index (Phi) is 6.83. The van der Waals surface area contributed by atoms with Crippen molar-refractivity contribution < 1.29 is 10.2 Å². The smallest absolute Gasteiger partial charge is 0.0990 e. The van der Waals surface area contributed by atoms with Gasteiger partial charge in [0.2, 0.25) is 0 Å². The Hall–Kier alpha value is -1.84. The van der Waals surface area contributed by atoms with Gasteiger partial charge in [-0.2, -0.15) is 0 Å². The first-order chi connectivity index (χ1) is 11.5. The zero-order valence-electron chi connectivity index (χ0n) is 14.7. The highest BCUT2D eigenvalue weighted by Crippen LogP contribution is 2.22. The molecule has 0 saturated carbocycles. The van der Waals surface area contributed by atoms with Gasteiger partial charge in [-0.05, 0) is 42.0 Å². The third kappa shape index (κ3) is 5.36. The second-order valence-corrected chi connectivity index (χ2v) is 6.84. The maximum Gasteiger partial charge on any atom is 0.0990 e. The summed E-state index contributed by atoms with van der Waals surface area (Å²) < 4.78 is 0. The van der Waals surface area contributed by atoms with Crippen LogP contribution >= 0.6 is 0 Å². The number of aliphatic hydroxyl groups is 2. The van der Waals surface area contributed by atoms with Crippen LogP contribution in [0.5, 0.6) is 0 Å². The first-order valence-corrected chi connectivity index (χ1v) is 8.71. The highest BCUT2D eigenvalue weighted by Gasteiger charge is 2.29. The van der Waals surface area contributed by atoms with Crippen molar-refractivity contribution in [3.05, 3.63) is 60.2 Å². The number of hydrogen-bond donors (Lipinski definition) is 2. The molecular weight excluding hydrogens is 298 g/mol. The number of rotatable bonds is 7. The van der Waals surface area contributed by atoms with Crippen LogP contribution in [0.1, 0.15) is 32.3 Å². The number of nitrogens with zero attached hydrogens (tertiary/aromatic N) is 1. The van der Waals surface area contributed by atoms with Crippen molar-refractivity contribution in [2.75, 3.05) is 18.0 Å². The third-order valence-corrected chi connectivity index (χ3v) is 4.35. The van der Waals surface area contributed by atoms with Crippen molar-refractivity contribution in [3.8, 4) is 0 Å². The maximum atomic E-state index is 9.64. The molecule has 1 aliphatic rings. The van der Waals surface area contributed by atoms with Gasteiger partial charge in [-0.15, -0.1) is 0 Å². The summed E-state index contributed by atoms with van der Waals surface area (Å²) in [6.07, 6.45) is 9.23. The molecule has 130 valence electrons. The summed E-state index contributed by atoms with van der Waals surface area (Å²) in [6, 6.07) is 8.16. The van der Waals surface area contributed by atoms with E-state index in [0.717, 1.165) is 23.2 Å². The summed E-state index contributed by atoms with van der Waals surface area (Å²) in [6.45, 7) is 9.31. The SMILES string of the molecule is C=CC(/C=C/c1ccc(N2CC(O)C(O)C2)cc1)=C\CCC(C)C. The van der Waals surface area contributed by atoms with Gasteiger partial charge in [-0.3, -0.25) is 0 Å². The molecule has 0 bridgehead atoms.